The molecule has 2 N–H and O–H groups in total. The largest absolute Gasteiger partial charge is 0.548 e. The molecule has 1 heterocycles. The Hall–Kier alpha value is -3.68. The number of carboxylic acids is 1. The smallest absolute Gasteiger partial charge is 0.329 e. The van der Waals surface area contributed by atoms with Crippen LogP contribution >= 0.6 is 0 Å². The number of carbonyl (C=O) groups is 2. The summed E-state index contributed by atoms with van der Waals surface area (Å²) in [4.78, 5) is 50.6. The maximum Gasteiger partial charge on any atom is 0.329 e. The second-order valence-corrected chi connectivity index (χ2v) is 6.00. The zero-order valence-electron chi connectivity index (χ0n) is 14.2. The first-order chi connectivity index (χ1) is 13.0. The summed E-state index contributed by atoms with van der Waals surface area (Å²) in [6.45, 7) is -0.600. The van der Waals surface area contributed by atoms with E-state index in [0.29, 0.717) is 11.1 Å². The van der Waals surface area contributed by atoms with Crippen LogP contribution in [0.2, 0.25) is 0 Å². The van der Waals surface area contributed by atoms with Crippen molar-refractivity contribution in [1.29, 1.82) is 0 Å². The number of hydrogen-bond donors (Lipinski definition) is 2. The molecule has 0 unspecified atom stereocenters. The highest BCUT2D eigenvalue weighted by Crippen LogP contribution is 2.04. The fourth-order valence-corrected chi connectivity index (χ4v) is 2.77. The Labute approximate surface area is 153 Å². The van der Waals surface area contributed by atoms with E-state index >= 15 is 0 Å². The van der Waals surface area contributed by atoms with Crippen LogP contribution in [0.5, 0.6) is 0 Å². The van der Waals surface area contributed by atoms with Gasteiger partial charge >= 0.3 is 5.69 Å². The molecule has 0 bridgehead atoms. The number of carbonyl (C=O) groups excluding carboxylic acids is 2. The summed E-state index contributed by atoms with van der Waals surface area (Å²) in [5.41, 5.74) is -0.312. The van der Waals surface area contributed by atoms with Crippen LogP contribution in [0.25, 0.3) is 10.9 Å². The summed E-state index contributed by atoms with van der Waals surface area (Å²) in [7, 11) is 0. The molecule has 1 atom stereocenters. The minimum absolute atomic E-state index is 0.0257. The van der Waals surface area contributed by atoms with Gasteiger partial charge in [-0.15, -0.1) is 0 Å². The summed E-state index contributed by atoms with van der Waals surface area (Å²) in [5.74, 6) is -2.23. The number of fused-ring (bicyclic) bond motifs is 1. The number of benzene rings is 2. The molecule has 2 aromatic carbocycles. The number of nitrogens with zero attached hydrogens (tertiary/aromatic N) is 1. The molecule has 3 aromatic rings. The fraction of sp³-hybridized carbons (Fsp3) is 0.158. The highest BCUT2D eigenvalue weighted by atomic mass is 16.4. The molecule has 0 radical (unpaired) electrons. The number of aromatic amines is 1. The van der Waals surface area contributed by atoms with Crippen LogP contribution in [0.4, 0.5) is 0 Å². The number of rotatable bonds is 6. The summed E-state index contributed by atoms with van der Waals surface area (Å²) in [6.07, 6.45) is 0.0257. The second kappa shape index (κ2) is 7.69. The number of hydrogen-bond acceptors (Lipinski definition) is 5. The average Bonchev–Trinajstić information content (AvgIpc) is 2.65. The van der Waals surface area contributed by atoms with Crippen molar-refractivity contribution in [2.24, 2.45) is 0 Å². The van der Waals surface area contributed by atoms with Crippen LogP contribution in [-0.2, 0) is 22.6 Å². The van der Waals surface area contributed by atoms with Gasteiger partial charge in [-0.2, -0.15) is 0 Å². The first kappa shape index (κ1) is 18.1. The number of amides is 1. The number of para-hydroxylation sites is 1. The SMILES string of the molecule is O=C(Cn1c(=O)[nH]c2ccccc2c1=O)N[C@@H](Cc1ccccc1)C(=O)[O-]. The molecule has 27 heavy (non-hydrogen) atoms. The van der Waals surface area contributed by atoms with Gasteiger partial charge in [0.05, 0.1) is 22.9 Å². The maximum atomic E-state index is 12.4. The van der Waals surface area contributed by atoms with Gasteiger partial charge < -0.3 is 20.2 Å². The Bertz CT molecular complexity index is 1100. The van der Waals surface area contributed by atoms with E-state index in [0.717, 1.165) is 4.57 Å². The van der Waals surface area contributed by atoms with Gasteiger partial charge in [0, 0.05) is 0 Å². The zero-order chi connectivity index (χ0) is 19.4. The topological polar surface area (TPSA) is 124 Å². The molecule has 0 aliphatic rings. The van der Waals surface area contributed by atoms with Crippen LogP contribution in [0.3, 0.4) is 0 Å². The number of carboxylic acid groups (broad SMARTS) is 1. The van der Waals surface area contributed by atoms with Gasteiger partial charge in [-0.3, -0.25) is 14.2 Å². The van der Waals surface area contributed by atoms with Gasteiger partial charge in [-0.25, -0.2) is 4.79 Å². The van der Waals surface area contributed by atoms with Crippen molar-refractivity contribution in [2.75, 3.05) is 0 Å². The van der Waals surface area contributed by atoms with Gasteiger partial charge in [0.25, 0.3) is 5.56 Å². The molecule has 1 amide bonds. The van der Waals surface area contributed by atoms with E-state index in [-0.39, 0.29) is 11.8 Å². The first-order valence-corrected chi connectivity index (χ1v) is 8.21. The Balaban J connectivity index is 1.80. The third-order valence-corrected chi connectivity index (χ3v) is 4.09. The lowest BCUT2D eigenvalue weighted by atomic mass is 10.1. The summed E-state index contributed by atoms with van der Waals surface area (Å²) < 4.78 is 0.729. The Morgan fingerprint density at radius 2 is 1.70 bits per heavy atom. The Kier molecular flexibility index (Phi) is 5.16. The van der Waals surface area contributed by atoms with Gasteiger partial charge in [0.1, 0.15) is 6.54 Å². The minimum atomic E-state index is -1.45. The van der Waals surface area contributed by atoms with Crippen LogP contribution in [0.15, 0.2) is 64.2 Å². The van der Waals surface area contributed by atoms with E-state index in [1.807, 2.05) is 0 Å². The van der Waals surface area contributed by atoms with Crippen molar-refractivity contribution in [1.82, 2.24) is 14.9 Å². The van der Waals surface area contributed by atoms with Crippen molar-refractivity contribution in [2.45, 2.75) is 19.0 Å². The van der Waals surface area contributed by atoms with Crippen LogP contribution in [0.1, 0.15) is 5.56 Å². The lowest BCUT2D eigenvalue weighted by Crippen LogP contribution is -2.51. The van der Waals surface area contributed by atoms with Gasteiger partial charge in [0.15, 0.2) is 0 Å². The van der Waals surface area contributed by atoms with Crippen molar-refractivity contribution in [3.63, 3.8) is 0 Å². The zero-order valence-corrected chi connectivity index (χ0v) is 14.2. The van der Waals surface area contributed by atoms with E-state index in [9.17, 15) is 24.3 Å². The third-order valence-electron chi connectivity index (χ3n) is 4.09. The predicted octanol–water partition coefficient (Wildman–Crippen LogP) is -0.833. The second-order valence-electron chi connectivity index (χ2n) is 6.00. The van der Waals surface area contributed by atoms with E-state index in [4.69, 9.17) is 0 Å². The number of H-pyrrole nitrogens is 1. The molecule has 0 fully saturated rings. The monoisotopic (exact) mass is 366 g/mol. The minimum Gasteiger partial charge on any atom is -0.548 e. The normalized spacial score (nSPS) is 11.9. The maximum absolute atomic E-state index is 12.4. The molecule has 8 nitrogen and oxygen atoms in total. The summed E-state index contributed by atoms with van der Waals surface area (Å²) >= 11 is 0. The molecule has 0 aliphatic heterocycles. The third kappa shape index (κ3) is 4.12. The van der Waals surface area contributed by atoms with Crippen LogP contribution in [-0.4, -0.2) is 27.5 Å². The Morgan fingerprint density at radius 1 is 1.04 bits per heavy atom. The Morgan fingerprint density at radius 3 is 2.41 bits per heavy atom. The standard InChI is InChI=1S/C19H17N3O5/c23-16(20-15(18(25)26)10-12-6-2-1-3-7-12)11-22-17(24)13-8-4-5-9-14(13)21-19(22)27/h1-9,15H,10-11H2,(H,20,23)(H,21,27)(H,25,26)/p-1/t15-/m0/s1. The predicted molar refractivity (Wildman–Crippen MR) is 95.9 cm³/mol. The quantitative estimate of drug-likeness (QED) is 0.589. The van der Waals surface area contributed by atoms with Gasteiger partial charge in [-0.05, 0) is 24.1 Å². The molecule has 1 aromatic heterocycles. The number of aromatic nitrogens is 2. The van der Waals surface area contributed by atoms with E-state index in [1.54, 1.807) is 48.5 Å². The molecular formula is C19H16N3O5-. The highest BCUT2D eigenvalue weighted by Gasteiger charge is 2.17. The first-order valence-electron chi connectivity index (χ1n) is 8.21. The molecule has 8 heteroatoms. The molecular weight excluding hydrogens is 350 g/mol. The van der Waals surface area contributed by atoms with Crippen molar-refractivity contribution >= 4 is 22.8 Å². The molecule has 0 spiro atoms. The van der Waals surface area contributed by atoms with Gasteiger partial charge in [0.2, 0.25) is 5.91 Å². The van der Waals surface area contributed by atoms with E-state index in [2.05, 4.69) is 10.3 Å². The molecule has 0 saturated carbocycles. The lowest BCUT2D eigenvalue weighted by molar-refractivity contribution is -0.308. The molecule has 3 rings (SSSR count). The highest BCUT2D eigenvalue weighted by molar-refractivity contribution is 5.83. The van der Waals surface area contributed by atoms with Crippen molar-refractivity contribution in [3.05, 3.63) is 81.0 Å². The number of nitrogens with one attached hydrogen (secondary N) is 2. The van der Waals surface area contributed by atoms with Crippen LogP contribution in [0, 0.1) is 0 Å². The van der Waals surface area contributed by atoms with E-state index in [1.165, 1.54) is 6.07 Å². The number of aliphatic carboxylic acids is 1. The summed E-state index contributed by atoms with van der Waals surface area (Å²) in [5, 5.41) is 13.9. The van der Waals surface area contributed by atoms with Crippen molar-refractivity contribution in [3.8, 4) is 0 Å². The molecule has 138 valence electrons. The average molecular weight is 366 g/mol. The van der Waals surface area contributed by atoms with E-state index < -0.39 is 35.7 Å². The molecule has 0 aliphatic carbocycles. The molecule has 0 saturated heterocycles. The van der Waals surface area contributed by atoms with Crippen LogP contribution < -0.4 is 21.7 Å². The van der Waals surface area contributed by atoms with Gasteiger partial charge in [-0.1, -0.05) is 42.5 Å². The fourth-order valence-electron chi connectivity index (χ4n) is 2.77. The lowest BCUT2D eigenvalue weighted by Gasteiger charge is -2.20. The van der Waals surface area contributed by atoms with Crippen molar-refractivity contribution < 1.29 is 14.7 Å². The summed E-state index contributed by atoms with van der Waals surface area (Å²) in [6, 6.07) is 13.9.